The highest BCUT2D eigenvalue weighted by Crippen LogP contribution is 2.14. The van der Waals surface area contributed by atoms with E-state index in [-0.39, 0.29) is 5.76 Å². The Bertz CT molecular complexity index is 530. The highest BCUT2D eigenvalue weighted by Gasteiger charge is 2.10. The van der Waals surface area contributed by atoms with Gasteiger partial charge in [-0.3, -0.25) is 0 Å². The van der Waals surface area contributed by atoms with Crippen LogP contribution in [0.2, 0.25) is 0 Å². The van der Waals surface area contributed by atoms with Crippen molar-refractivity contribution in [2.45, 2.75) is 20.0 Å². The van der Waals surface area contributed by atoms with Gasteiger partial charge in [-0.05, 0) is 40.9 Å². The van der Waals surface area contributed by atoms with E-state index in [4.69, 9.17) is 4.42 Å². The van der Waals surface area contributed by atoms with Crippen molar-refractivity contribution in [3.05, 3.63) is 45.5 Å². The molecule has 0 aliphatic heterocycles. The number of carbonyl (C=O) groups excluding carboxylic acids is 1. The predicted octanol–water partition coefficient (Wildman–Crippen LogP) is 2.73. The highest BCUT2D eigenvalue weighted by atomic mass is 32.1. The van der Waals surface area contributed by atoms with Crippen molar-refractivity contribution < 1.29 is 13.9 Å². The molecule has 0 aliphatic rings. The third kappa shape index (κ3) is 3.00. The molecule has 0 saturated carbocycles. The number of methoxy groups -OCH3 is 1. The third-order valence-electron chi connectivity index (χ3n) is 2.62. The maximum atomic E-state index is 11.2. The Labute approximate surface area is 110 Å². The third-order valence-corrected chi connectivity index (χ3v) is 3.53. The molecule has 0 aromatic carbocycles. The van der Waals surface area contributed by atoms with Crippen LogP contribution in [0, 0.1) is 6.92 Å². The largest absolute Gasteiger partial charge is 0.463 e. The molecule has 0 fully saturated rings. The smallest absolute Gasteiger partial charge is 0.373 e. The Kier molecular flexibility index (Phi) is 4.17. The molecule has 0 aliphatic carbocycles. The molecule has 0 atom stereocenters. The van der Waals surface area contributed by atoms with E-state index in [0.29, 0.717) is 6.54 Å². The summed E-state index contributed by atoms with van der Waals surface area (Å²) in [5.74, 6) is 0.513. The van der Waals surface area contributed by atoms with Gasteiger partial charge in [-0.15, -0.1) is 0 Å². The molecule has 18 heavy (non-hydrogen) atoms. The van der Waals surface area contributed by atoms with Gasteiger partial charge in [-0.25, -0.2) is 4.79 Å². The summed E-state index contributed by atoms with van der Waals surface area (Å²) in [7, 11) is 1.34. The summed E-state index contributed by atoms with van der Waals surface area (Å²) in [6.07, 6.45) is 0. The van der Waals surface area contributed by atoms with Gasteiger partial charge in [0.15, 0.2) is 0 Å². The summed E-state index contributed by atoms with van der Waals surface area (Å²) < 4.78 is 9.93. The molecule has 4 nitrogen and oxygen atoms in total. The predicted molar refractivity (Wildman–Crippen MR) is 69.6 cm³/mol. The fourth-order valence-corrected chi connectivity index (χ4v) is 2.43. The van der Waals surface area contributed by atoms with E-state index in [2.05, 4.69) is 27.7 Å². The van der Waals surface area contributed by atoms with Crippen LogP contribution in [0.3, 0.4) is 0 Å². The molecule has 0 spiro atoms. The average molecular weight is 265 g/mol. The topological polar surface area (TPSA) is 51.5 Å². The number of aryl methyl sites for hydroxylation is 1. The second-order valence-electron chi connectivity index (χ2n) is 3.94. The summed E-state index contributed by atoms with van der Waals surface area (Å²) >= 11 is 1.70. The number of nitrogens with one attached hydrogen (secondary N) is 1. The quantitative estimate of drug-likeness (QED) is 0.845. The summed E-state index contributed by atoms with van der Waals surface area (Å²) in [5, 5.41) is 7.53. The first-order valence-corrected chi connectivity index (χ1v) is 6.54. The van der Waals surface area contributed by atoms with E-state index in [1.165, 1.54) is 18.2 Å². The molecule has 0 saturated heterocycles. The Balaban J connectivity index is 1.85. The first-order chi connectivity index (χ1) is 8.70. The van der Waals surface area contributed by atoms with Crippen molar-refractivity contribution in [3.8, 4) is 0 Å². The zero-order chi connectivity index (χ0) is 13.0. The summed E-state index contributed by atoms with van der Waals surface area (Å²) in [6.45, 7) is 3.48. The lowest BCUT2D eigenvalue weighted by atomic mass is 10.2. The Morgan fingerprint density at radius 3 is 2.89 bits per heavy atom. The number of esters is 1. The fourth-order valence-electron chi connectivity index (χ4n) is 1.57. The lowest BCUT2D eigenvalue weighted by molar-refractivity contribution is 0.0563. The minimum Gasteiger partial charge on any atom is -0.463 e. The number of carbonyl (C=O) groups is 1. The van der Waals surface area contributed by atoms with Crippen LogP contribution in [0.25, 0.3) is 0 Å². The van der Waals surface area contributed by atoms with E-state index in [1.807, 2.05) is 0 Å². The standard InChI is InChI=1S/C13H15NO3S/c1-9-7-18-8-10(9)5-14-6-11-3-4-12(17-11)13(15)16-2/h3-4,7-8,14H,5-6H2,1-2H3. The van der Waals surface area contributed by atoms with E-state index in [9.17, 15) is 4.79 Å². The van der Waals surface area contributed by atoms with Gasteiger partial charge in [0.1, 0.15) is 5.76 Å². The molecule has 0 bridgehead atoms. The summed E-state index contributed by atoms with van der Waals surface area (Å²) in [6, 6.07) is 3.40. The van der Waals surface area contributed by atoms with Crippen LogP contribution >= 0.6 is 11.3 Å². The summed E-state index contributed by atoms with van der Waals surface area (Å²) in [5.41, 5.74) is 2.59. The molecule has 1 N–H and O–H groups in total. The molecule has 5 heteroatoms. The van der Waals surface area contributed by atoms with E-state index in [1.54, 1.807) is 23.5 Å². The second-order valence-corrected chi connectivity index (χ2v) is 4.68. The molecule has 0 unspecified atom stereocenters. The van der Waals surface area contributed by atoms with Crippen molar-refractivity contribution in [3.63, 3.8) is 0 Å². The normalized spacial score (nSPS) is 10.6. The SMILES string of the molecule is COC(=O)c1ccc(CNCc2cscc2C)o1. The molecule has 0 radical (unpaired) electrons. The molecular formula is C13H15NO3S. The zero-order valence-corrected chi connectivity index (χ0v) is 11.2. The van der Waals surface area contributed by atoms with E-state index >= 15 is 0 Å². The molecule has 2 aromatic heterocycles. The van der Waals surface area contributed by atoms with Crippen LogP contribution in [0.1, 0.15) is 27.4 Å². The molecule has 96 valence electrons. The van der Waals surface area contributed by atoms with Gasteiger partial charge in [0.25, 0.3) is 0 Å². The van der Waals surface area contributed by atoms with Crippen LogP contribution in [-0.4, -0.2) is 13.1 Å². The van der Waals surface area contributed by atoms with Crippen LogP contribution in [-0.2, 0) is 17.8 Å². The number of ether oxygens (including phenoxy) is 1. The first kappa shape index (κ1) is 12.9. The van der Waals surface area contributed by atoms with Gasteiger partial charge < -0.3 is 14.5 Å². The van der Waals surface area contributed by atoms with Crippen molar-refractivity contribution >= 4 is 17.3 Å². The van der Waals surface area contributed by atoms with Crippen molar-refractivity contribution in [1.29, 1.82) is 0 Å². The monoisotopic (exact) mass is 265 g/mol. The second kappa shape index (κ2) is 5.84. The van der Waals surface area contributed by atoms with Crippen LogP contribution in [0.15, 0.2) is 27.3 Å². The van der Waals surface area contributed by atoms with E-state index in [0.717, 1.165) is 12.3 Å². The first-order valence-electron chi connectivity index (χ1n) is 5.60. The number of rotatable bonds is 5. The Morgan fingerprint density at radius 2 is 2.22 bits per heavy atom. The van der Waals surface area contributed by atoms with Gasteiger partial charge >= 0.3 is 5.97 Å². The van der Waals surface area contributed by atoms with Gasteiger partial charge in [0.2, 0.25) is 5.76 Å². The Morgan fingerprint density at radius 1 is 1.39 bits per heavy atom. The molecule has 2 rings (SSSR count). The van der Waals surface area contributed by atoms with Crippen LogP contribution in [0.4, 0.5) is 0 Å². The Hall–Kier alpha value is -1.59. The minimum absolute atomic E-state index is 0.237. The van der Waals surface area contributed by atoms with Gasteiger partial charge in [0, 0.05) is 6.54 Å². The maximum absolute atomic E-state index is 11.2. The molecule has 0 amide bonds. The van der Waals surface area contributed by atoms with Crippen molar-refractivity contribution in [2.75, 3.05) is 7.11 Å². The molecular weight excluding hydrogens is 250 g/mol. The van der Waals surface area contributed by atoms with Crippen molar-refractivity contribution in [2.24, 2.45) is 0 Å². The van der Waals surface area contributed by atoms with Crippen LogP contribution < -0.4 is 5.32 Å². The number of hydrogen-bond acceptors (Lipinski definition) is 5. The van der Waals surface area contributed by atoms with Crippen molar-refractivity contribution in [1.82, 2.24) is 5.32 Å². The maximum Gasteiger partial charge on any atom is 0.373 e. The average Bonchev–Trinajstić information content (AvgIpc) is 2.99. The van der Waals surface area contributed by atoms with E-state index < -0.39 is 5.97 Å². The molecule has 2 aromatic rings. The molecule has 2 heterocycles. The van der Waals surface area contributed by atoms with Gasteiger partial charge in [-0.2, -0.15) is 11.3 Å². The minimum atomic E-state index is -0.449. The van der Waals surface area contributed by atoms with Gasteiger partial charge in [-0.1, -0.05) is 0 Å². The summed E-state index contributed by atoms with van der Waals surface area (Å²) in [4.78, 5) is 11.2. The number of thiophene rings is 1. The zero-order valence-electron chi connectivity index (χ0n) is 10.4. The lowest BCUT2D eigenvalue weighted by Gasteiger charge is -2.02. The fraction of sp³-hybridized carbons (Fsp3) is 0.308. The highest BCUT2D eigenvalue weighted by molar-refractivity contribution is 7.08. The van der Waals surface area contributed by atoms with Gasteiger partial charge in [0.05, 0.1) is 13.7 Å². The number of furan rings is 1. The lowest BCUT2D eigenvalue weighted by Crippen LogP contribution is -2.12. The number of hydrogen-bond donors (Lipinski definition) is 1. The van der Waals surface area contributed by atoms with Crippen LogP contribution in [0.5, 0.6) is 0 Å².